The van der Waals surface area contributed by atoms with Crippen molar-refractivity contribution in [3.8, 4) is 0 Å². The highest BCUT2D eigenvalue weighted by atomic mass is 19.1. The molecule has 96 valence electrons. The van der Waals surface area contributed by atoms with E-state index >= 15 is 0 Å². The van der Waals surface area contributed by atoms with E-state index in [9.17, 15) is 19.1 Å². The molecule has 0 radical (unpaired) electrons. The standard InChI is InChI=1S/C13H14FNO3/c1-15-7-6-10(11(12(15)16)13(17)18)8-2-4-9(14)5-3-8/h2-5,10-11H,6-7H2,1H3,(H,17,18). The number of halogens is 1. The molecule has 0 aromatic heterocycles. The molecule has 2 atom stereocenters. The monoisotopic (exact) mass is 251 g/mol. The summed E-state index contributed by atoms with van der Waals surface area (Å²) in [6.45, 7) is 0.519. The number of hydrogen-bond acceptors (Lipinski definition) is 2. The largest absolute Gasteiger partial charge is 0.481 e. The highest BCUT2D eigenvalue weighted by Gasteiger charge is 2.40. The van der Waals surface area contributed by atoms with Crippen LogP contribution in [0, 0.1) is 11.7 Å². The average Bonchev–Trinajstić information content (AvgIpc) is 2.33. The zero-order chi connectivity index (χ0) is 13.3. The second-order valence-corrected chi connectivity index (χ2v) is 4.52. The van der Waals surface area contributed by atoms with Gasteiger partial charge in [-0.05, 0) is 24.1 Å². The molecule has 1 aliphatic rings. The third-order valence-corrected chi connectivity index (χ3v) is 3.38. The van der Waals surface area contributed by atoms with E-state index in [1.807, 2.05) is 0 Å². The third kappa shape index (κ3) is 2.20. The Kier molecular flexibility index (Phi) is 3.32. The minimum Gasteiger partial charge on any atom is -0.481 e. The molecule has 1 aromatic carbocycles. The molecule has 5 heteroatoms. The quantitative estimate of drug-likeness (QED) is 0.810. The van der Waals surface area contributed by atoms with E-state index in [4.69, 9.17) is 0 Å². The second-order valence-electron chi connectivity index (χ2n) is 4.52. The van der Waals surface area contributed by atoms with Crippen LogP contribution in [0.4, 0.5) is 4.39 Å². The van der Waals surface area contributed by atoms with Crippen molar-refractivity contribution in [2.75, 3.05) is 13.6 Å². The first-order chi connectivity index (χ1) is 8.50. The van der Waals surface area contributed by atoms with E-state index in [1.54, 1.807) is 19.2 Å². The lowest BCUT2D eigenvalue weighted by molar-refractivity contribution is -0.154. The first kappa shape index (κ1) is 12.5. The molecule has 1 heterocycles. The minimum absolute atomic E-state index is 0.370. The van der Waals surface area contributed by atoms with Crippen molar-refractivity contribution in [3.05, 3.63) is 35.6 Å². The molecule has 1 aromatic rings. The predicted octanol–water partition coefficient (Wildman–Crippen LogP) is 1.47. The molecule has 1 aliphatic heterocycles. The summed E-state index contributed by atoms with van der Waals surface area (Å²) in [5.41, 5.74) is 0.699. The van der Waals surface area contributed by atoms with Gasteiger partial charge in [0.15, 0.2) is 0 Å². The topological polar surface area (TPSA) is 57.6 Å². The van der Waals surface area contributed by atoms with E-state index in [1.165, 1.54) is 17.0 Å². The molecule has 18 heavy (non-hydrogen) atoms. The zero-order valence-corrected chi connectivity index (χ0v) is 9.97. The predicted molar refractivity (Wildman–Crippen MR) is 62.5 cm³/mol. The lowest BCUT2D eigenvalue weighted by Gasteiger charge is -2.33. The van der Waals surface area contributed by atoms with Crippen LogP contribution in [-0.4, -0.2) is 35.5 Å². The Morgan fingerprint density at radius 2 is 2.00 bits per heavy atom. The summed E-state index contributed by atoms with van der Waals surface area (Å²) in [5.74, 6) is -3.34. The highest BCUT2D eigenvalue weighted by molar-refractivity contribution is 5.98. The number of piperidine rings is 1. The Hall–Kier alpha value is -1.91. The summed E-state index contributed by atoms with van der Waals surface area (Å²) in [7, 11) is 1.60. The van der Waals surface area contributed by atoms with Gasteiger partial charge in [-0.1, -0.05) is 12.1 Å². The van der Waals surface area contributed by atoms with Crippen LogP contribution in [0.5, 0.6) is 0 Å². The highest BCUT2D eigenvalue weighted by Crippen LogP contribution is 2.33. The van der Waals surface area contributed by atoms with Crippen LogP contribution in [0.3, 0.4) is 0 Å². The Morgan fingerprint density at radius 1 is 1.39 bits per heavy atom. The molecule has 1 saturated heterocycles. The number of carboxylic acids is 1. The number of rotatable bonds is 2. The molecule has 2 rings (SSSR count). The number of amides is 1. The van der Waals surface area contributed by atoms with Gasteiger partial charge in [0.2, 0.25) is 5.91 Å². The van der Waals surface area contributed by atoms with Gasteiger partial charge in [-0.3, -0.25) is 9.59 Å². The lowest BCUT2D eigenvalue weighted by atomic mass is 9.80. The van der Waals surface area contributed by atoms with Gasteiger partial charge >= 0.3 is 5.97 Å². The summed E-state index contributed by atoms with van der Waals surface area (Å²) in [6.07, 6.45) is 0.574. The van der Waals surface area contributed by atoms with E-state index in [2.05, 4.69) is 0 Å². The normalized spacial score (nSPS) is 24.1. The molecule has 1 fully saturated rings. The number of carbonyl (C=O) groups is 2. The fourth-order valence-electron chi connectivity index (χ4n) is 2.37. The maximum Gasteiger partial charge on any atom is 0.316 e. The summed E-state index contributed by atoms with van der Waals surface area (Å²) < 4.78 is 12.9. The number of benzene rings is 1. The number of nitrogens with zero attached hydrogens (tertiary/aromatic N) is 1. The fourth-order valence-corrected chi connectivity index (χ4v) is 2.37. The summed E-state index contributed by atoms with van der Waals surface area (Å²) in [4.78, 5) is 24.6. The molecule has 0 spiro atoms. The first-order valence-corrected chi connectivity index (χ1v) is 5.74. The number of hydrogen-bond donors (Lipinski definition) is 1. The summed E-state index contributed by atoms with van der Waals surface area (Å²) in [5, 5.41) is 9.19. The first-order valence-electron chi connectivity index (χ1n) is 5.74. The van der Waals surface area contributed by atoms with Crippen LogP contribution in [0.25, 0.3) is 0 Å². The van der Waals surface area contributed by atoms with E-state index < -0.39 is 11.9 Å². The van der Waals surface area contributed by atoms with E-state index in [-0.39, 0.29) is 17.6 Å². The minimum atomic E-state index is -1.12. The average molecular weight is 251 g/mol. The molecular weight excluding hydrogens is 237 g/mol. The van der Waals surface area contributed by atoms with Crippen molar-refractivity contribution in [3.63, 3.8) is 0 Å². The number of carboxylic acid groups (broad SMARTS) is 1. The third-order valence-electron chi connectivity index (χ3n) is 3.38. The molecule has 4 nitrogen and oxygen atoms in total. The van der Waals surface area contributed by atoms with Crippen LogP contribution in [-0.2, 0) is 9.59 Å². The van der Waals surface area contributed by atoms with Crippen molar-refractivity contribution in [2.24, 2.45) is 5.92 Å². The van der Waals surface area contributed by atoms with Gasteiger partial charge in [0, 0.05) is 19.5 Å². The zero-order valence-electron chi connectivity index (χ0n) is 9.97. The van der Waals surface area contributed by atoms with Crippen LogP contribution in [0.15, 0.2) is 24.3 Å². The smallest absolute Gasteiger partial charge is 0.316 e. The molecular formula is C13H14FNO3. The number of aliphatic carboxylic acids is 1. The molecule has 2 unspecified atom stereocenters. The molecule has 1 amide bonds. The maximum absolute atomic E-state index is 12.9. The molecule has 1 N–H and O–H groups in total. The molecule has 0 bridgehead atoms. The SMILES string of the molecule is CN1CCC(c2ccc(F)cc2)C(C(=O)O)C1=O. The van der Waals surface area contributed by atoms with Gasteiger partial charge < -0.3 is 10.0 Å². The lowest BCUT2D eigenvalue weighted by Crippen LogP contribution is -2.45. The Balaban J connectivity index is 2.33. The molecule has 0 saturated carbocycles. The number of carbonyl (C=O) groups excluding carboxylic acids is 1. The Bertz CT molecular complexity index is 472. The number of likely N-dealkylation sites (tertiary alicyclic amines) is 1. The van der Waals surface area contributed by atoms with Gasteiger partial charge in [0.1, 0.15) is 11.7 Å². The van der Waals surface area contributed by atoms with Crippen molar-refractivity contribution in [1.29, 1.82) is 0 Å². The Labute approximate surface area is 104 Å². The van der Waals surface area contributed by atoms with Crippen LogP contribution >= 0.6 is 0 Å². The molecule has 0 aliphatic carbocycles. The summed E-state index contributed by atoms with van der Waals surface area (Å²) in [6, 6.07) is 5.68. The van der Waals surface area contributed by atoms with Crippen LogP contribution < -0.4 is 0 Å². The van der Waals surface area contributed by atoms with Crippen molar-refractivity contribution < 1.29 is 19.1 Å². The van der Waals surface area contributed by atoms with Gasteiger partial charge in [0.05, 0.1) is 0 Å². The van der Waals surface area contributed by atoms with E-state index in [0.717, 1.165) is 0 Å². The second kappa shape index (κ2) is 4.76. The van der Waals surface area contributed by atoms with Gasteiger partial charge in [-0.15, -0.1) is 0 Å². The van der Waals surface area contributed by atoms with Crippen LogP contribution in [0.1, 0.15) is 17.9 Å². The van der Waals surface area contributed by atoms with Gasteiger partial charge in [0.25, 0.3) is 0 Å². The van der Waals surface area contributed by atoms with Crippen molar-refractivity contribution in [1.82, 2.24) is 4.90 Å². The van der Waals surface area contributed by atoms with E-state index in [0.29, 0.717) is 18.5 Å². The van der Waals surface area contributed by atoms with Gasteiger partial charge in [-0.25, -0.2) is 4.39 Å². The van der Waals surface area contributed by atoms with Crippen molar-refractivity contribution in [2.45, 2.75) is 12.3 Å². The maximum atomic E-state index is 12.9. The fraction of sp³-hybridized carbons (Fsp3) is 0.385. The summed E-state index contributed by atoms with van der Waals surface area (Å²) >= 11 is 0. The van der Waals surface area contributed by atoms with Gasteiger partial charge in [-0.2, -0.15) is 0 Å². The van der Waals surface area contributed by atoms with Crippen LogP contribution in [0.2, 0.25) is 0 Å². The Morgan fingerprint density at radius 3 is 2.56 bits per heavy atom. The van der Waals surface area contributed by atoms with Crippen molar-refractivity contribution >= 4 is 11.9 Å².